The molecule has 3 aliphatic rings. The molecule has 148 valence electrons. The summed E-state index contributed by atoms with van der Waals surface area (Å²) < 4.78 is 0. The molecule has 5 heteroatoms. The molecule has 5 rings (SSSR count). The summed E-state index contributed by atoms with van der Waals surface area (Å²) >= 11 is 0. The highest BCUT2D eigenvalue weighted by atomic mass is 16.2. The van der Waals surface area contributed by atoms with Gasteiger partial charge >= 0.3 is 0 Å². The lowest BCUT2D eigenvalue weighted by Crippen LogP contribution is -2.42. The number of rotatable bonds is 4. The fraction of sp³-hybridized carbons (Fsp3) is 0.417. The lowest BCUT2D eigenvalue weighted by molar-refractivity contribution is -0.115. The van der Waals surface area contributed by atoms with Gasteiger partial charge in [-0.15, -0.1) is 0 Å². The molecule has 0 spiro atoms. The number of hydrogen-bond acceptors (Lipinski definition) is 4. The number of fused-ring (bicyclic) bond motifs is 2. The van der Waals surface area contributed by atoms with Crippen molar-refractivity contribution in [2.75, 3.05) is 0 Å². The first kappa shape index (κ1) is 18.2. The summed E-state index contributed by atoms with van der Waals surface area (Å²) in [5, 5.41) is 3.22. The van der Waals surface area contributed by atoms with Crippen molar-refractivity contribution in [3.8, 4) is 0 Å². The maximum absolute atomic E-state index is 12.8. The van der Waals surface area contributed by atoms with Crippen LogP contribution in [-0.2, 0) is 17.8 Å². The Hall–Kier alpha value is -2.82. The zero-order valence-electron chi connectivity index (χ0n) is 16.8. The summed E-state index contributed by atoms with van der Waals surface area (Å²) in [5.74, 6) is 0.586. The van der Waals surface area contributed by atoms with Crippen LogP contribution in [0.25, 0.3) is 0 Å². The van der Waals surface area contributed by atoms with Crippen LogP contribution in [-0.4, -0.2) is 28.4 Å². The first-order valence-corrected chi connectivity index (χ1v) is 10.7. The van der Waals surface area contributed by atoms with Crippen molar-refractivity contribution < 1.29 is 4.79 Å². The smallest absolute Gasteiger partial charge is 0.266 e. The van der Waals surface area contributed by atoms with E-state index < -0.39 is 0 Å². The second kappa shape index (κ2) is 7.54. The van der Waals surface area contributed by atoms with Crippen molar-refractivity contribution in [1.29, 1.82) is 0 Å². The van der Waals surface area contributed by atoms with Gasteiger partial charge in [0.15, 0.2) is 0 Å². The second-order valence-electron chi connectivity index (χ2n) is 8.43. The fourth-order valence-electron chi connectivity index (χ4n) is 4.83. The summed E-state index contributed by atoms with van der Waals surface area (Å²) in [5.41, 5.74) is 7.06. The van der Waals surface area contributed by atoms with Crippen LogP contribution >= 0.6 is 0 Å². The molecule has 1 aromatic carbocycles. The standard InChI is InChI=1S/C24H26N4O/c1-15(16-5-3-2-4-6-16)27-24(29)22-12-18-11-19-14-26-23(17-7-9-25-10-8-17)20(19)13-21(18)28-22/h7-11,13,15-16H,2-6,12,14H2,1H3,(H,27,29)/t15-/m1/s1. The third-order valence-electron chi connectivity index (χ3n) is 6.51. The Bertz CT molecular complexity index is 1000. The van der Waals surface area contributed by atoms with Gasteiger partial charge in [-0.2, -0.15) is 0 Å². The van der Waals surface area contributed by atoms with E-state index in [0.29, 0.717) is 24.6 Å². The third-order valence-corrected chi connectivity index (χ3v) is 6.51. The first-order chi connectivity index (χ1) is 14.2. The second-order valence-corrected chi connectivity index (χ2v) is 8.43. The summed E-state index contributed by atoms with van der Waals surface area (Å²) in [4.78, 5) is 26.3. The van der Waals surface area contributed by atoms with Crippen molar-refractivity contribution in [1.82, 2.24) is 10.3 Å². The van der Waals surface area contributed by atoms with Crippen molar-refractivity contribution in [3.63, 3.8) is 0 Å². The average molecular weight is 386 g/mol. The Morgan fingerprint density at radius 3 is 2.69 bits per heavy atom. The monoisotopic (exact) mass is 386 g/mol. The minimum Gasteiger partial charge on any atom is -0.348 e. The van der Waals surface area contributed by atoms with Gasteiger partial charge in [0.05, 0.1) is 17.9 Å². The van der Waals surface area contributed by atoms with E-state index in [9.17, 15) is 4.79 Å². The van der Waals surface area contributed by atoms with E-state index in [0.717, 1.165) is 28.1 Å². The number of pyridine rings is 1. The van der Waals surface area contributed by atoms with Crippen molar-refractivity contribution >= 4 is 23.0 Å². The molecule has 1 aliphatic carbocycles. The van der Waals surface area contributed by atoms with Crippen molar-refractivity contribution in [3.05, 3.63) is 58.9 Å². The minimum absolute atomic E-state index is 0.0116. The zero-order chi connectivity index (χ0) is 19.8. The molecule has 1 fully saturated rings. The summed E-state index contributed by atoms with van der Waals surface area (Å²) in [6.45, 7) is 2.82. The number of amides is 1. The molecule has 0 bridgehead atoms. The van der Waals surface area contributed by atoms with Gasteiger partial charge in [-0.05, 0) is 55.0 Å². The fourth-order valence-corrected chi connectivity index (χ4v) is 4.83. The van der Waals surface area contributed by atoms with E-state index in [4.69, 9.17) is 9.98 Å². The van der Waals surface area contributed by atoms with Crippen LogP contribution in [0.2, 0.25) is 0 Å². The quantitative estimate of drug-likeness (QED) is 0.858. The molecule has 5 nitrogen and oxygen atoms in total. The molecule has 2 aromatic rings. The van der Waals surface area contributed by atoms with Gasteiger partial charge in [-0.1, -0.05) is 25.3 Å². The van der Waals surface area contributed by atoms with E-state index >= 15 is 0 Å². The average Bonchev–Trinajstić information content (AvgIpc) is 3.36. The highest BCUT2D eigenvalue weighted by Crippen LogP contribution is 2.34. The largest absolute Gasteiger partial charge is 0.348 e. The molecule has 3 heterocycles. The lowest BCUT2D eigenvalue weighted by atomic mass is 9.84. The normalized spacial score (nSPS) is 19.2. The molecule has 1 saturated carbocycles. The molecule has 1 aromatic heterocycles. The van der Waals surface area contributed by atoms with Crippen LogP contribution in [0.1, 0.15) is 61.3 Å². The first-order valence-electron chi connectivity index (χ1n) is 10.7. The molecule has 0 unspecified atom stereocenters. The van der Waals surface area contributed by atoms with Gasteiger partial charge in [0.25, 0.3) is 5.91 Å². The summed E-state index contributed by atoms with van der Waals surface area (Å²) in [7, 11) is 0. The number of aromatic nitrogens is 1. The zero-order valence-corrected chi connectivity index (χ0v) is 16.8. The van der Waals surface area contributed by atoms with Gasteiger partial charge in [0.1, 0.15) is 5.71 Å². The van der Waals surface area contributed by atoms with Crippen molar-refractivity contribution in [2.45, 2.75) is 58.0 Å². The Labute approximate surface area is 171 Å². The molecular formula is C24H26N4O. The third kappa shape index (κ3) is 3.50. The highest BCUT2D eigenvalue weighted by molar-refractivity contribution is 6.41. The lowest BCUT2D eigenvalue weighted by Gasteiger charge is -2.28. The van der Waals surface area contributed by atoms with Gasteiger partial charge in [-0.3, -0.25) is 14.8 Å². The predicted octanol–water partition coefficient (Wildman–Crippen LogP) is 4.15. The van der Waals surface area contributed by atoms with Gasteiger partial charge < -0.3 is 5.32 Å². The highest BCUT2D eigenvalue weighted by Gasteiger charge is 2.28. The Morgan fingerprint density at radius 2 is 1.90 bits per heavy atom. The number of carbonyl (C=O) groups is 1. The van der Waals surface area contributed by atoms with Crippen LogP contribution in [0.5, 0.6) is 0 Å². The Kier molecular flexibility index (Phi) is 4.74. The summed E-state index contributed by atoms with van der Waals surface area (Å²) in [6, 6.07) is 8.45. The topological polar surface area (TPSA) is 66.7 Å². The number of nitrogens with zero attached hydrogens (tertiary/aromatic N) is 3. The number of nitrogens with one attached hydrogen (secondary N) is 1. The predicted molar refractivity (Wildman–Crippen MR) is 115 cm³/mol. The number of carbonyl (C=O) groups excluding carboxylic acids is 1. The van der Waals surface area contributed by atoms with Crippen LogP contribution in [0.3, 0.4) is 0 Å². The van der Waals surface area contributed by atoms with E-state index in [1.54, 1.807) is 12.4 Å². The van der Waals surface area contributed by atoms with E-state index in [1.165, 1.54) is 37.7 Å². The molecule has 0 saturated heterocycles. The minimum atomic E-state index is -0.0116. The van der Waals surface area contributed by atoms with Crippen LogP contribution in [0.15, 0.2) is 46.6 Å². The van der Waals surface area contributed by atoms with E-state index in [-0.39, 0.29) is 11.9 Å². The Balaban J connectivity index is 1.34. The molecular weight excluding hydrogens is 360 g/mol. The van der Waals surface area contributed by atoms with Crippen molar-refractivity contribution in [2.24, 2.45) is 15.9 Å². The summed E-state index contributed by atoms with van der Waals surface area (Å²) in [6.07, 6.45) is 10.5. The molecule has 0 radical (unpaired) electrons. The maximum atomic E-state index is 12.8. The number of aliphatic imine (C=N–C) groups is 2. The van der Waals surface area contributed by atoms with E-state index in [2.05, 4.69) is 29.4 Å². The van der Waals surface area contributed by atoms with Gasteiger partial charge in [0, 0.05) is 36.0 Å². The molecule has 1 amide bonds. The van der Waals surface area contributed by atoms with Gasteiger partial charge in [0.2, 0.25) is 0 Å². The van der Waals surface area contributed by atoms with Crippen LogP contribution in [0.4, 0.5) is 5.69 Å². The number of hydrogen-bond donors (Lipinski definition) is 1. The molecule has 1 atom stereocenters. The number of benzene rings is 1. The van der Waals surface area contributed by atoms with Crippen LogP contribution in [0, 0.1) is 5.92 Å². The molecule has 2 aliphatic heterocycles. The SMILES string of the molecule is C[C@@H](NC(=O)C1=Nc2cc3c(cc2C1)CN=C3c1ccncc1)C1CCCCC1. The molecule has 29 heavy (non-hydrogen) atoms. The maximum Gasteiger partial charge on any atom is 0.266 e. The van der Waals surface area contributed by atoms with Gasteiger partial charge in [-0.25, -0.2) is 4.99 Å². The van der Waals surface area contributed by atoms with Crippen LogP contribution < -0.4 is 5.32 Å². The molecule has 1 N–H and O–H groups in total. The Morgan fingerprint density at radius 1 is 1.10 bits per heavy atom. The van der Waals surface area contributed by atoms with E-state index in [1.807, 2.05) is 12.1 Å².